The number of hydrogen-bond acceptors (Lipinski definition) is 7. The molecule has 0 saturated heterocycles. The second-order valence-corrected chi connectivity index (χ2v) is 9.72. The number of hydrogen-bond donors (Lipinski definition) is 0. The Morgan fingerprint density at radius 3 is 2.56 bits per heavy atom. The largest absolute Gasteiger partial charge is 0.497 e. The van der Waals surface area contributed by atoms with Crippen LogP contribution in [0.2, 0.25) is 0 Å². The molecule has 0 spiro atoms. The summed E-state index contributed by atoms with van der Waals surface area (Å²) in [5, 5.41) is 0. The van der Waals surface area contributed by atoms with Gasteiger partial charge in [-0.25, -0.2) is 9.79 Å². The number of carbonyl (C=O) groups excluding carboxylic acids is 1. The summed E-state index contributed by atoms with van der Waals surface area (Å²) in [6, 6.07) is 12.4. The fourth-order valence-electron chi connectivity index (χ4n) is 3.84. The highest BCUT2D eigenvalue weighted by Crippen LogP contribution is 2.37. The number of halogens is 1. The van der Waals surface area contributed by atoms with Gasteiger partial charge in [0.25, 0.3) is 5.56 Å². The van der Waals surface area contributed by atoms with E-state index in [1.807, 2.05) is 30.3 Å². The molecule has 176 valence electrons. The van der Waals surface area contributed by atoms with Gasteiger partial charge in [-0.15, -0.1) is 0 Å². The van der Waals surface area contributed by atoms with Gasteiger partial charge in [0.1, 0.15) is 17.5 Å². The van der Waals surface area contributed by atoms with Gasteiger partial charge in [0.2, 0.25) is 0 Å². The first-order valence-corrected chi connectivity index (χ1v) is 12.4. The lowest BCUT2D eigenvalue weighted by Crippen LogP contribution is -2.40. The Morgan fingerprint density at radius 1 is 1.18 bits per heavy atom. The quantitative estimate of drug-likeness (QED) is 0.325. The van der Waals surface area contributed by atoms with Crippen molar-refractivity contribution in [2.45, 2.75) is 19.9 Å². The highest BCUT2D eigenvalue weighted by Gasteiger charge is 2.35. The number of allylic oxidation sites excluding steroid dienone is 1. The molecule has 0 radical (unpaired) electrons. The lowest BCUT2D eigenvalue weighted by molar-refractivity contribution is -0.139. The number of nitrogens with zero attached hydrogens (tertiary/aromatic N) is 2. The van der Waals surface area contributed by atoms with Crippen molar-refractivity contribution in [2.75, 3.05) is 20.8 Å². The molecule has 1 aromatic heterocycles. The van der Waals surface area contributed by atoms with Crippen LogP contribution in [0.5, 0.6) is 11.5 Å². The third kappa shape index (κ3) is 4.54. The fourth-order valence-corrected chi connectivity index (χ4v) is 5.25. The molecule has 0 saturated carbocycles. The zero-order valence-electron chi connectivity index (χ0n) is 19.1. The van der Waals surface area contributed by atoms with Crippen LogP contribution in [0, 0.1) is 3.57 Å². The van der Waals surface area contributed by atoms with Crippen molar-refractivity contribution in [1.82, 2.24) is 4.57 Å². The van der Waals surface area contributed by atoms with E-state index in [-0.39, 0.29) is 12.2 Å². The molecule has 0 bridgehead atoms. The lowest BCUT2D eigenvalue weighted by Gasteiger charge is -2.26. The van der Waals surface area contributed by atoms with Crippen molar-refractivity contribution >= 4 is 46.0 Å². The SMILES string of the molecule is CCOC(=O)C1=C(C)N=c2sc(=Cc3ccc(I)cc3)c(=O)n2C1c1ccc(OC)cc1OC. The van der Waals surface area contributed by atoms with Crippen LogP contribution >= 0.6 is 33.9 Å². The van der Waals surface area contributed by atoms with E-state index in [0.29, 0.717) is 37.7 Å². The average molecular weight is 590 g/mol. The normalized spacial score (nSPS) is 15.6. The topological polar surface area (TPSA) is 79.1 Å². The summed E-state index contributed by atoms with van der Waals surface area (Å²) in [5.74, 6) is 0.580. The van der Waals surface area contributed by atoms with E-state index in [4.69, 9.17) is 14.2 Å². The van der Waals surface area contributed by atoms with Gasteiger partial charge < -0.3 is 14.2 Å². The molecule has 9 heteroatoms. The summed E-state index contributed by atoms with van der Waals surface area (Å²) in [4.78, 5) is 31.8. The van der Waals surface area contributed by atoms with Gasteiger partial charge in [-0.1, -0.05) is 23.5 Å². The van der Waals surface area contributed by atoms with Gasteiger partial charge in [0.05, 0.1) is 36.6 Å². The Balaban J connectivity index is 1.99. The van der Waals surface area contributed by atoms with Crippen LogP contribution in [0.15, 0.2) is 63.5 Å². The molecule has 4 rings (SSSR count). The summed E-state index contributed by atoms with van der Waals surface area (Å²) >= 11 is 3.53. The van der Waals surface area contributed by atoms with Crippen LogP contribution in [-0.4, -0.2) is 31.4 Å². The van der Waals surface area contributed by atoms with Crippen molar-refractivity contribution in [1.29, 1.82) is 0 Å². The zero-order valence-corrected chi connectivity index (χ0v) is 22.1. The van der Waals surface area contributed by atoms with Gasteiger partial charge >= 0.3 is 5.97 Å². The maximum absolute atomic E-state index is 13.7. The molecule has 0 amide bonds. The molecule has 1 atom stereocenters. The Hall–Kier alpha value is -2.92. The minimum absolute atomic E-state index is 0.208. The molecule has 34 heavy (non-hydrogen) atoms. The molecular formula is C25H23IN2O5S. The van der Waals surface area contributed by atoms with Gasteiger partial charge in [-0.3, -0.25) is 9.36 Å². The summed E-state index contributed by atoms with van der Waals surface area (Å²) in [5.41, 5.74) is 2.12. The molecule has 1 aliphatic heterocycles. The number of carbonyl (C=O) groups is 1. The van der Waals surface area contributed by atoms with Gasteiger partial charge in [-0.2, -0.15) is 0 Å². The number of rotatable bonds is 6. The van der Waals surface area contributed by atoms with Crippen LogP contribution in [0.3, 0.4) is 0 Å². The molecule has 1 aliphatic rings. The van der Waals surface area contributed by atoms with Crippen LogP contribution in [0.1, 0.15) is 31.0 Å². The number of methoxy groups -OCH3 is 2. The van der Waals surface area contributed by atoms with Crippen molar-refractivity contribution in [2.24, 2.45) is 4.99 Å². The minimum Gasteiger partial charge on any atom is -0.497 e. The first-order chi connectivity index (χ1) is 16.4. The Morgan fingerprint density at radius 2 is 1.91 bits per heavy atom. The van der Waals surface area contributed by atoms with E-state index in [2.05, 4.69) is 27.6 Å². The molecule has 0 fully saturated rings. The number of benzene rings is 2. The van der Waals surface area contributed by atoms with E-state index in [1.54, 1.807) is 50.8 Å². The van der Waals surface area contributed by atoms with E-state index in [9.17, 15) is 9.59 Å². The number of aromatic nitrogens is 1. The first-order valence-electron chi connectivity index (χ1n) is 10.5. The van der Waals surface area contributed by atoms with Crippen molar-refractivity contribution < 1.29 is 19.0 Å². The van der Waals surface area contributed by atoms with E-state index < -0.39 is 12.0 Å². The molecule has 1 unspecified atom stereocenters. The zero-order chi connectivity index (χ0) is 24.4. The standard InChI is InChI=1S/C25H23IN2O5S/c1-5-33-24(30)21-14(2)27-25-28(22(21)18-11-10-17(31-3)13-19(18)32-4)23(29)20(34-25)12-15-6-8-16(26)9-7-15/h6-13,22H,5H2,1-4H3. The van der Waals surface area contributed by atoms with Gasteiger partial charge in [0, 0.05) is 15.2 Å². The number of ether oxygens (including phenoxy) is 3. The molecule has 3 aromatic rings. The van der Waals surface area contributed by atoms with E-state index in [0.717, 1.165) is 9.13 Å². The van der Waals surface area contributed by atoms with E-state index >= 15 is 0 Å². The van der Waals surface area contributed by atoms with Crippen LogP contribution in [-0.2, 0) is 9.53 Å². The Labute approximate surface area is 214 Å². The number of fused-ring (bicyclic) bond motifs is 1. The fraction of sp³-hybridized carbons (Fsp3) is 0.240. The summed E-state index contributed by atoms with van der Waals surface area (Å²) in [7, 11) is 3.11. The molecule has 7 nitrogen and oxygen atoms in total. The lowest BCUT2D eigenvalue weighted by atomic mass is 9.95. The van der Waals surface area contributed by atoms with Crippen molar-refractivity contribution in [3.8, 4) is 11.5 Å². The Kier molecular flexibility index (Phi) is 7.22. The molecular weight excluding hydrogens is 567 g/mol. The van der Waals surface area contributed by atoms with Gasteiger partial charge in [0.15, 0.2) is 4.80 Å². The second kappa shape index (κ2) is 10.1. The first kappa shape index (κ1) is 24.2. The highest BCUT2D eigenvalue weighted by atomic mass is 127. The summed E-state index contributed by atoms with van der Waals surface area (Å²) in [6.07, 6.45) is 1.84. The highest BCUT2D eigenvalue weighted by molar-refractivity contribution is 14.1. The Bertz CT molecular complexity index is 1450. The number of esters is 1. The van der Waals surface area contributed by atoms with Gasteiger partial charge in [-0.05, 0) is 72.3 Å². The monoisotopic (exact) mass is 590 g/mol. The summed E-state index contributed by atoms with van der Waals surface area (Å²) < 4.78 is 19.5. The van der Waals surface area contributed by atoms with E-state index in [1.165, 1.54) is 11.3 Å². The summed E-state index contributed by atoms with van der Waals surface area (Å²) in [6.45, 7) is 3.71. The maximum atomic E-state index is 13.7. The van der Waals surface area contributed by atoms with Crippen molar-refractivity contribution in [3.63, 3.8) is 0 Å². The number of thiazole rings is 1. The third-order valence-corrected chi connectivity index (χ3v) is 7.12. The second-order valence-electron chi connectivity index (χ2n) is 7.46. The van der Waals surface area contributed by atoms with Crippen LogP contribution < -0.4 is 24.4 Å². The third-order valence-electron chi connectivity index (χ3n) is 5.42. The predicted octanol–water partition coefficient (Wildman–Crippen LogP) is 3.42. The van der Waals surface area contributed by atoms with Crippen LogP contribution in [0.4, 0.5) is 0 Å². The maximum Gasteiger partial charge on any atom is 0.338 e. The molecule has 2 aromatic carbocycles. The molecule has 2 heterocycles. The minimum atomic E-state index is -0.755. The average Bonchev–Trinajstić information content (AvgIpc) is 3.13. The smallest absolute Gasteiger partial charge is 0.338 e. The predicted molar refractivity (Wildman–Crippen MR) is 139 cm³/mol. The molecule has 0 aliphatic carbocycles. The van der Waals surface area contributed by atoms with Crippen LogP contribution in [0.25, 0.3) is 6.08 Å². The van der Waals surface area contributed by atoms with Crippen molar-refractivity contribution in [3.05, 3.63) is 88.1 Å². The molecule has 0 N–H and O–H groups in total.